The number of benzene rings is 3. The van der Waals surface area contributed by atoms with Crippen LogP contribution in [0.4, 0.5) is 5.69 Å². The van der Waals surface area contributed by atoms with Crippen LogP contribution in [-0.2, 0) is 11.4 Å². The number of aromatic carboxylic acids is 1. The number of amides is 1. The van der Waals surface area contributed by atoms with Crippen LogP contribution in [0.25, 0.3) is 6.08 Å². The second kappa shape index (κ2) is 10.1. The molecule has 1 aliphatic rings. The van der Waals surface area contributed by atoms with Crippen LogP contribution in [0.2, 0.25) is 10.0 Å². The monoisotopic (exact) mass is 498 g/mol. The highest BCUT2D eigenvalue weighted by Gasteiger charge is 2.24. The van der Waals surface area contributed by atoms with Crippen molar-refractivity contribution in [3.63, 3.8) is 0 Å². The van der Waals surface area contributed by atoms with E-state index in [0.717, 1.165) is 22.9 Å². The highest BCUT2D eigenvalue weighted by atomic mass is 35.5. The van der Waals surface area contributed by atoms with Gasteiger partial charge in [0.25, 0.3) is 5.91 Å². The first-order chi connectivity index (χ1) is 15.9. The van der Waals surface area contributed by atoms with Gasteiger partial charge in [-0.1, -0.05) is 53.5 Å². The zero-order valence-corrected chi connectivity index (χ0v) is 19.2. The zero-order valence-electron chi connectivity index (χ0n) is 16.9. The van der Waals surface area contributed by atoms with Gasteiger partial charge < -0.3 is 15.2 Å². The molecule has 1 aliphatic heterocycles. The first kappa shape index (κ1) is 22.9. The summed E-state index contributed by atoms with van der Waals surface area (Å²) < 4.78 is 5.95. The maximum atomic E-state index is 12.5. The average Bonchev–Trinajstić information content (AvgIpc) is 3.13. The number of nitrogens with zero attached hydrogens (tertiary/aromatic N) is 1. The van der Waals surface area contributed by atoms with Gasteiger partial charge in [-0.25, -0.2) is 9.79 Å². The number of hydrogen-bond acceptors (Lipinski definition) is 5. The summed E-state index contributed by atoms with van der Waals surface area (Å²) >= 11 is 13.1. The lowest BCUT2D eigenvalue weighted by molar-refractivity contribution is -0.115. The maximum Gasteiger partial charge on any atom is 0.337 e. The van der Waals surface area contributed by atoms with Gasteiger partial charge in [-0.05, 0) is 59.8 Å². The minimum absolute atomic E-state index is 0.0608. The summed E-state index contributed by atoms with van der Waals surface area (Å²) in [6.07, 6.45) is 1.72. The van der Waals surface area contributed by atoms with Gasteiger partial charge in [0.2, 0.25) is 0 Å². The van der Waals surface area contributed by atoms with Crippen molar-refractivity contribution in [3.8, 4) is 5.75 Å². The molecule has 0 aliphatic carbocycles. The van der Waals surface area contributed by atoms with E-state index in [1.807, 2.05) is 42.5 Å². The Bertz CT molecular complexity index is 1310. The lowest BCUT2D eigenvalue weighted by Crippen LogP contribution is -2.19. The van der Waals surface area contributed by atoms with Crippen LogP contribution in [0.15, 0.2) is 76.6 Å². The van der Waals surface area contributed by atoms with Crippen molar-refractivity contribution in [1.82, 2.24) is 5.32 Å². The lowest BCUT2D eigenvalue weighted by Gasteiger charge is -2.10. The van der Waals surface area contributed by atoms with Gasteiger partial charge in [-0.15, -0.1) is 0 Å². The number of rotatable bonds is 6. The molecule has 1 fully saturated rings. The van der Waals surface area contributed by atoms with Crippen molar-refractivity contribution in [2.24, 2.45) is 4.99 Å². The molecule has 0 unspecified atom stereocenters. The fourth-order valence-corrected chi connectivity index (χ4v) is 4.25. The van der Waals surface area contributed by atoms with E-state index < -0.39 is 5.97 Å². The summed E-state index contributed by atoms with van der Waals surface area (Å²) in [5.41, 5.74) is 1.97. The number of carbonyl (C=O) groups is 2. The number of amidine groups is 1. The predicted octanol–water partition coefficient (Wildman–Crippen LogP) is 6.16. The number of carboxylic acids is 1. The number of para-hydroxylation sites is 1. The smallest absolute Gasteiger partial charge is 0.337 e. The van der Waals surface area contributed by atoms with E-state index >= 15 is 0 Å². The molecule has 166 valence electrons. The molecule has 9 heteroatoms. The third kappa shape index (κ3) is 5.76. The molecular formula is C24H16Cl2N2O4S. The molecule has 3 aromatic carbocycles. The summed E-state index contributed by atoms with van der Waals surface area (Å²) in [5, 5.41) is 13.0. The Morgan fingerprint density at radius 1 is 1.09 bits per heavy atom. The summed E-state index contributed by atoms with van der Waals surface area (Å²) in [6.45, 7) is 0.329. The minimum atomic E-state index is -1.15. The molecule has 0 radical (unpaired) electrons. The molecule has 0 bridgehead atoms. The number of aliphatic imine (C=N–C) groups is 1. The Morgan fingerprint density at radius 2 is 1.91 bits per heavy atom. The number of carboxylic acid groups (broad SMARTS) is 1. The Morgan fingerprint density at radius 3 is 2.70 bits per heavy atom. The van der Waals surface area contributed by atoms with Crippen LogP contribution < -0.4 is 10.1 Å². The van der Waals surface area contributed by atoms with Crippen molar-refractivity contribution in [1.29, 1.82) is 0 Å². The van der Waals surface area contributed by atoms with Crippen molar-refractivity contribution < 1.29 is 19.4 Å². The lowest BCUT2D eigenvalue weighted by atomic mass is 10.2. The van der Waals surface area contributed by atoms with Gasteiger partial charge in [0.15, 0.2) is 5.17 Å². The summed E-state index contributed by atoms with van der Waals surface area (Å²) in [5.74, 6) is -0.844. The molecule has 4 rings (SSSR count). The normalized spacial score (nSPS) is 15.6. The quantitative estimate of drug-likeness (QED) is 0.397. The number of thioether (sulfide) groups is 1. The van der Waals surface area contributed by atoms with Crippen molar-refractivity contribution in [3.05, 3.63) is 98.4 Å². The van der Waals surface area contributed by atoms with Crippen LogP contribution in [0.1, 0.15) is 21.5 Å². The average molecular weight is 499 g/mol. The molecule has 3 aromatic rings. The Labute approximate surface area is 203 Å². The molecule has 0 aromatic heterocycles. The molecule has 2 N–H and O–H groups in total. The standard InChI is InChI=1S/C24H16Cl2N2O4S/c25-16-6-3-4-14(10-16)13-32-20-7-2-1-5-15(20)11-21-22(29)28-24(33-21)27-17-8-9-19(26)18(12-17)23(30)31/h1-12H,13H2,(H,30,31)(H,27,28,29)/b21-11-. The van der Waals surface area contributed by atoms with E-state index in [0.29, 0.717) is 33.1 Å². The van der Waals surface area contributed by atoms with Gasteiger partial charge in [0.1, 0.15) is 12.4 Å². The first-order valence-corrected chi connectivity index (χ1v) is 11.2. The van der Waals surface area contributed by atoms with Gasteiger partial charge in [-0.3, -0.25) is 4.79 Å². The number of carbonyl (C=O) groups excluding carboxylic acids is 1. The molecular weight excluding hydrogens is 483 g/mol. The molecule has 33 heavy (non-hydrogen) atoms. The van der Waals surface area contributed by atoms with Crippen LogP contribution >= 0.6 is 35.0 Å². The number of ether oxygens (including phenoxy) is 1. The molecule has 0 saturated carbocycles. The number of halogens is 2. The molecule has 1 heterocycles. The topological polar surface area (TPSA) is 88.0 Å². The number of nitrogens with one attached hydrogen (secondary N) is 1. The summed E-state index contributed by atoms with van der Waals surface area (Å²) in [6, 6.07) is 19.2. The third-order valence-corrected chi connectivity index (χ3v) is 6.03. The van der Waals surface area contributed by atoms with Crippen molar-refractivity contribution in [2.75, 3.05) is 0 Å². The SMILES string of the molecule is O=C1NC(=Nc2ccc(Cl)c(C(=O)O)c2)S/C1=C\c1ccccc1OCc1cccc(Cl)c1. The van der Waals surface area contributed by atoms with Gasteiger partial charge >= 0.3 is 5.97 Å². The van der Waals surface area contributed by atoms with Crippen LogP contribution in [0.3, 0.4) is 0 Å². The summed E-state index contributed by atoms with van der Waals surface area (Å²) in [7, 11) is 0. The predicted molar refractivity (Wildman–Crippen MR) is 131 cm³/mol. The van der Waals surface area contributed by atoms with Crippen LogP contribution in [0.5, 0.6) is 5.75 Å². The van der Waals surface area contributed by atoms with E-state index in [2.05, 4.69) is 10.3 Å². The summed E-state index contributed by atoms with van der Waals surface area (Å²) in [4.78, 5) is 28.5. The maximum absolute atomic E-state index is 12.5. The molecule has 1 amide bonds. The van der Waals surface area contributed by atoms with E-state index in [-0.39, 0.29) is 16.5 Å². The van der Waals surface area contributed by atoms with Crippen molar-refractivity contribution >= 4 is 63.8 Å². The van der Waals surface area contributed by atoms with Gasteiger partial charge in [0, 0.05) is 10.6 Å². The largest absolute Gasteiger partial charge is 0.488 e. The van der Waals surface area contributed by atoms with Gasteiger partial charge in [0.05, 0.1) is 21.2 Å². The fourth-order valence-electron chi connectivity index (χ4n) is 3.00. The minimum Gasteiger partial charge on any atom is -0.488 e. The van der Waals surface area contributed by atoms with E-state index in [9.17, 15) is 14.7 Å². The number of hydrogen-bond donors (Lipinski definition) is 2. The molecule has 6 nitrogen and oxygen atoms in total. The Hall–Kier alpha value is -3.26. The van der Waals surface area contributed by atoms with Gasteiger partial charge in [-0.2, -0.15) is 0 Å². The van der Waals surface area contributed by atoms with Crippen LogP contribution in [-0.4, -0.2) is 22.2 Å². The molecule has 0 atom stereocenters. The third-order valence-electron chi connectivity index (χ3n) is 4.55. The Balaban J connectivity index is 1.53. The van der Waals surface area contributed by atoms with E-state index in [1.165, 1.54) is 12.1 Å². The molecule has 0 spiro atoms. The van der Waals surface area contributed by atoms with Crippen LogP contribution in [0, 0.1) is 0 Å². The van der Waals surface area contributed by atoms with Crippen molar-refractivity contribution in [2.45, 2.75) is 6.61 Å². The Kier molecular flexibility index (Phi) is 7.03. The van der Waals surface area contributed by atoms with E-state index in [4.69, 9.17) is 27.9 Å². The second-order valence-corrected chi connectivity index (χ2v) is 8.78. The zero-order chi connectivity index (χ0) is 23.4. The van der Waals surface area contributed by atoms with E-state index in [1.54, 1.807) is 18.2 Å². The highest BCUT2D eigenvalue weighted by Crippen LogP contribution is 2.31. The highest BCUT2D eigenvalue weighted by molar-refractivity contribution is 8.18. The fraction of sp³-hybridized carbons (Fsp3) is 0.0417. The first-order valence-electron chi connectivity index (χ1n) is 9.68. The molecule has 1 saturated heterocycles. The second-order valence-electron chi connectivity index (χ2n) is 6.91.